The van der Waals surface area contributed by atoms with Crippen molar-refractivity contribution in [1.29, 1.82) is 0 Å². The molecule has 1 saturated heterocycles. The van der Waals surface area contributed by atoms with Gasteiger partial charge in [-0.3, -0.25) is 0 Å². The first-order chi connectivity index (χ1) is 9.92. The van der Waals surface area contributed by atoms with Crippen LogP contribution in [0.15, 0.2) is 40.6 Å². The number of rotatable bonds is 2. The highest BCUT2D eigenvalue weighted by Crippen LogP contribution is 2.33. The number of hydrogen-bond acceptors (Lipinski definition) is 5. The van der Waals surface area contributed by atoms with Crippen molar-refractivity contribution in [3.05, 3.63) is 41.2 Å². The third kappa shape index (κ3) is 1.98. The Hall–Kier alpha value is -1.88. The summed E-state index contributed by atoms with van der Waals surface area (Å²) in [5.74, 6) is 1.56. The van der Waals surface area contributed by atoms with Gasteiger partial charge >= 0.3 is 0 Å². The van der Waals surface area contributed by atoms with E-state index < -0.39 is 0 Å². The van der Waals surface area contributed by atoms with Crippen LogP contribution in [0.2, 0.25) is 0 Å². The Morgan fingerprint density at radius 3 is 3.15 bits per heavy atom. The van der Waals surface area contributed by atoms with Crippen LogP contribution in [0.4, 0.5) is 5.82 Å². The summed E-state index contributed by atoms with van der Waals surface area (Å²) in [6, 6.07) is 3.92. The maximum atomic E-state index is 5.47. The fourth-order valence-corrected chi connectivity index (χ4v) is 3.71. The number of pyridine rings is 1. The fraction of sp³-hybridized carbons (Fsp3) is 0.333. The lowest BCUT2D eigenvalue weighted by atomic mass is 9.98. The van der Waals surface area contributed by atoms with Gasteiger partial charge in [0.15, 0.2) is 0 Å². The predicted molar refractivity (Wildman–Crippen MR) is 80.3 cm³/mol. The van der Waals surface area contributed by atoms with Gasteiger partial charge in [0.2, 0.25) is 0 Å². The van der Waals surface area contributed by atoms with Crippen LogP contribution < -0.4 is 4.90 Å². The van der Waals surface area contributed by atoms with Crippen molar-refractivity contribution in [2.24, 2.45) is 0 Å². The molecule has 4 nitrogen and oxygen atoms in total. The van der Waals surface area contributed by atoms with Crippen LogP contribution in [0.25, 0.3) is 11.0 Å². The first-order valence-corrected chi connectivity index (χ1v) is 7.76. The number of furan rings is 1. The van der Waals surface area contributed by atoms with Gasteiger partial charge in [0.1, 0.15) is 11.4 Å². The Bertz CT molecular complexity index is 707. The quantitative estimate of drug-likeness (QED) is 0.720. The molecule has 4 rings (SSSR count). The lowest BCUT2D eigenvalue weighted by molar-refractivity contribution is 0.506. The minimum Gasteiger partial charge on any atom is -0.464 e. The Morgan fingerprint density at radius 2 is 2.25 bits per heavy atom. The van der Waals surface area contributed by atoms with Crippen molar-refractivity contribution in [3.8, 4) is 0 Å². The lowest BCUT2D eigenvalue weighted by Gasteiger charge is -2.32. The molecule has 1 unspecified atom stereocenters. The summed E-state index contributed by atoms with van der Waals surface area (Å²) in [4.78, 5) is 11.4. The van der Waals surface area contributed by atoms with E-state index in [2.05, 4.69) is 20.2 Å². The zero-order chi connectivity index (χ0) is 13.4. The molecule has 5 heteroatoms. The Kier molecular flexibility index (Phi) is 2.92. The molecular weight excluding hydrogens is 270 g/mol. The molecule has 3 aromatic rings. The van der Waals surface area contributed by atoms with Gasteiger partial charge in [0, 0.05) is 36.8 Å². The van der Waals surface area contributed by atoms with E-state index in [1.165, 1.54) is 17.8 Å². The first-order valence-electron chi connectivity index (χ1n) is 6.88. The van der Waals surface area contributed by atoms with Crippen LogP contribution >= 0.6 is 11.3 Å². The first kappa shape index (κ1) is 11.9. The second-order valence-corrected chi connectivity index (χ2v) is 6.05. The van der Waals surface area contributed by atoms with Crippen LogP contribution in [-0.4, -0.2) is 23.1 Å². The third-order valence-corrected chi connectivity index (χ3v) is 4.82. The zero-order valence-corrected chi connectivity index (χ0v) is 11.8. The molecule has 1 fully saturated rings. The number of aromatic nitrogens is 2. The number of hydrogen-bond donors (Lipinski definition) is 0. The molecule has 0 radical (unpaired) electrons. The van der Waals surface area contributed by atoms with Gasteiger partial charge in [-0.1, -0.05) is 0 Å². The SMILES string of the molecule is c1csc(C2CCCN(c3nccc4occc34)C2)n1. The standard InChI is InChI=1S/C15H15N3OS/c1-2-11(15-17-6-9-20-15)10-18(7-1)14-12-4-8-19-13(12)3-5-16-14/h3-6,8-9,11H,1-2,7,10H2. The highest BCUT2D eigenvalue weighted by molar-refractivity contribution is 7.09. The van der Waals surface area contributed by atoms with E-state index in [1.807, 2.05) is 24.5 Å². The lowest BCUT2D eigenvalue weighted by Crippen LogP contribution is -2.34. The number of thiazole rings is 1. The minimum absolute atomic E-state index is 0.521. The Balaban J connectivity index is 1.66. The predicted octanol–water partition coefficient (Wildman–Crippen LogP) is 3.67. The average molecular weight is 285 g/mol. The normalized spacial score (nSPS) is 19.6. The monoisotopic (exact) mass is 285 g/mol. The van der Waals surface area contributed by atoms with Crippen molar-refractivity contribution in [2.45, 2.75) is 18.8 Å². The third-order valence-electron chi connectivity index (χ3n) is 3.88. The van der Waals surface area contributed by atoms with E-state index >= 15 is 0 Å². The van der Waals surface area contributed by atoms with Gasteiger partial charge in [-0.2, -0.15) is 0 Å². The number of fused-ring (bicyclic) bond motifs is 1. The molecule has 0 bridgehead atoms. The van der Waals surface area contributed by atoms with Gasteiger partial charge in [0.25, 0.3) is 0 Å². The second kappa shape index (κ2) is 4.90. The van der Waals surface area contributed by atoms with E-state index in [0.717, 1.165) is 29.9 Å². The summed E-state index contributed by atoms with van der Waals surface area (Å²) >= 11 is 1.76. The summed E-state index contributed by atoms with van der Waals surface area (Å²) < 4.78 is 5.47. The maximum Gasteiger partial charge on any atom is 0.139 e. The van der Waals surface area contributed by atoms with Gasteiger partial charge < -0.3 is 9.32 Å². The molecule has 1 aliphatic heterocycles. The Morgan fingerprint density at radius 1 is 1.25 bits per heavy atom. The molecule has 1 aliphatic rings. The second-order valence-electron chi connectivity index (χ2n) is 5.12. The molecule has 0 aliphatic carbocycles. The topological polar surface area (TPSA) is 42.2 Å². The van der Waals surface area contributed by atoms with Crippen molar-refractivity contribution >= 4 is 28.1 Å². The van der Waals surface area contributed by atoms with Crippen molar-refractivity contribution < 1.29 is 4.42 Å². The van der Waals surface area contributed by atoms with Gasteiger partial charge in [-0.05, 0) is 25.0 Å². The Labute approximate surface area is 121 Å². The molecule has 0 aromatic carbocycles. The average Bonchev–Trinajstić information content (AvgIpc) is 3.18. The maximum absolute atomic E-state index is 5.47. The molecule has 4 heterocycles. The largest absolute Gasteiger partial charge is 0.464 e. The van der Waals surface area contributed by atoms with Crippen molar-refractivity contribution in [3.63, 3.8) is 0 Å². The van der Waals surface area contributed by atoms with Gasteiger partial charge in [-0.25, -0.2) is 9.97 Å². The smallest absolute Gasteiger partial charge is 0.139 e. The highest BCUT2D eigenvalue weighted by atomic mass is 32.1. The molecule has 3 aromatic heterocycles. The van der Waals surface area contributed by atoms with Gasteiger partial charge in [0.05, 0.1) is 16.7 Å². The molecule has 0 saturated carbocycles. The summed E-state index contributed by atoms with van der Waals surface area (Å²) in [5, 5.41) is 4.41. The number of anilines is 1. The summed E-state index contributed by atoms with van der Waals surface area (Å²) in [5.41, 5.74) is 0.909. The van der Waals surface area contributed by atoms with E-state index in [1.54, 1.807) is 17.6 Å². The highest BCUT2D eigenvalue weighted by Gasteiger charge is 2.25. The van der Waals surface area contributed by atoms with Crippen LogP contribution in [0.1, 0.15) is 23.8 Å². The molecule has 0 spiro atoms. The van der Waals surface area contributed by atoms with Crippen LogP contribution in [-0.2, 0) is 0 Å². The zero-order valence-electron chi connectivity index (χ0n) is 11.0. The molecule has 0 N–H and O–H groups in total. The van der Waals surface area contributed by atoms with E-state index in [9.17, 15) is 0 Å². The van der Waals surface area contributed by atoms with E-state index in [0.29, 0.717) is 5.92 Å². The van der Waals surface area contributed by atoms with Crippen LogP contribution in [0.5, 0.6) is 0 Å². The van der Waals surface area contributed by atoms with E-state index in [4.69, 9.17) is 4.42 Å². The van der Waals surface area contributed by atoms with Gasteiger partial charge in [-0.15, -0.1) is 11.3 Å². The molecule has 102 valence electrons. The van der Waals surface area contributed by atoms with Crippen molar-refractivity contribution in [2.75, 3.05) is 18.0 Å². The molecule has 0 amide bonds. The summed E-state index contributed by atoms with van der Waals surface area (Å²) in [7, 11) is 0. The van der Waals surface area contributed by atoms with Crippen LogP contribution in [0, 0.1) is 0 Å². The van der Waals surface area contributed by atoms with Crippen molar-refractivity contribution in [1.82, 2.24) is 9.97 Å². The molecule has 1 atom stereocenters. The molecule has 20 heavy (non-hydrogen) atoms. The summed E-state index contributed by atoms with van der Waals surface area (Å²) in [6.45, 7) is 2.05. The number of nitrogens with zero attached hydrogens (tertiary/aromatic N) is 3. The summed E-state index contributed by atoms with van der Waals surface area (Å²) in [6.07, 6.45) is 7.85. The number of piperidine rings is 1. The minimum atomic E-state index is 0.521. The fourth-order valence-electron chi connectivity index (χ4n) is 2.94. The molecular formula is C15H15N3OS. The van der Waals surface area contributed by atoms with E-state index in [-0.39, 0.29) is 0 Å². The van der Waals surface area contributed by atoms with Crippen LogP contribution in [0.3, 0.4) is 0 Å².